The van der Waals surface area contributed by atoms with E-state index in [-0.39, 0.29) is 49.3 Å². The highest BCUT2D eigenvalue weighted by Crippen LogP contribution is 2.42. The lowest BCUT2D eigenvalue weighted by atomic mass is 9.85. The number of hydrogen-bond donors (Lipinski definition) is 3. The minimum atomic E-state index is -1.94. The third-order valence-electron chi connectivity index (χ3n) is 8.87. The monoisotopic (exact) mass is 639 g/mol. The van der Waals surface area contributed by atoms with Crippen LogP contribution in [0.2, 0.25) is 0 Å². The van der Waals surface area contributed by atoms with Gasteiger partial charge in [0.1, 0.15) is 18.4 Å². The van der Waals surface area contributed by atoms with E-state index in [0.717, 1.165) is 22.1 Å². The largest absolute Gasteiger partial charge is 0.508 e. The zero-order valence-corrected chi connectivity index (χ0v) is 25.9. The van der Waals surface area contributed by atoms with E-state index in [1.54, 1.807) is 66.1 Å². The van der Waals surface area contributed by atoms with E-state index in [2.05, 4.69) is 5.32 Å². The van der Waals surface area contributed by atoms with Crippen LogP contribution in [0.25, 0.3) is 22.3 Å². The smallest absolute Gasteiger partial charge is 0.355 e. The molecule has 1 amide bonds. The number of cyclic esters (lactones) is 1. The van der Waals surface area contributed by atoms with Crippen LogP contribution in [0.5, 0.6) is 5.75 Å². The fourth-order valence-electron chi connectivity index (χ4n) is 6.49. The van der Waals surface area contributed by atoms with Gasteiger partial charge in [0.05, 0.1) is 35.4 Å². The second kappa shape index (κ2) is 12.3. The lowest BCUT2D eigenvalue weighted by molar-refractivity contribution is -0.189. The van der Waals surface area contributed by atoms with Crippen molar-refractivity contribution in [2.75, 3.05) is 0 Å². The summed E-state index contributed by atoms with van der Waals surface area (Å²) in [7, 11) is 0. The molecule has 12 heteroatoms. The first kappa shape index (κ1) is 31.5. The van der Waals surface area contributed by atoms with Gasteiger partial charge in [0, 0.05) is 29.4 Å². The molecule has 2 aromatic carbocycles. The number of amides is 1. The molecule has 2 aliphatic rings. The standard InChI is InChI=1S/C35H33N3O9/c1-3-21-22-15-20(39)10-11-26(22)37-31-23(21)17-38-28(31)16-25-24(32(38)42)18-46-34(45)35(25,4-2)47-30(41)13-12-29(40)36-27(33(43)44)14-19-8-6-5-7-9-19/h5-11,15-16,27,39H,3-4,12-14,17-18H2,1-2H3,(H,36,40)(H,43,44)/t27-,35+/m1/s1. The van der Waals surface area contributed by atoms with Gasteiger partial charge >= 0.3 is 17.9 Å². The Bertz CT molecular complexity index is 2000. The number of esters is 2. The van der Waals surface area contributed by atoms with Crippen molar-refractivity contribution in [3.8, 4) is 17.1 Å². The first-order valence-electron chi connectivity index (χ1n) is 15.4. The Balaban J connectivity index is 1.27. The molecule has 4 aromatic rings. The summed E-state index contributed by atoms with van der Waals surface area (Å²) in [4.78, 5) is 69.7. The van der Waals surface area contributed by atoms with Crippen LogP contribution in [0.3, 0.4) is 0 Å². The van der Waals surface area contributed by atoms with Crippen molar-refractivity contribution in [2.45, 2.75) is 70.7 Å². The minimum absolute atomic E-state index is 0.0463. The summed E-state index contributed by atoms with van der Waals surface area (Å²) in [5, 5.41) is 22.9. The summed E-state index contributed by atoms with van der Waals surface area (Å²) >= 11 is 0. The fourth-order valence-corrected chi connectivity index (χ4v) is 6.49. The molecule has 3 N–H and O–H groups in total. The number of fused-ring (bicyclic) bond motifs is 5. The molecule has 0 aliphatic carbocycles. The van der Waals surface area contributed by atoms with E-state index < -0.39 is 47.4 Å². The number of phenols is 1. The molecule has 0 fully saturated rings. The first-order valence-corrected chi connectivity index (χ1v) is 15.4. The number of ether oxygens (including phenoxy) is 2. The number of carboxylic acid groups (broad SMARTS) is 1. The zero-order valence-electron chi connectivity index (χ0n) is 25.9. The van der Waals surface area contributed by atoms with Gasteiger partial charge in [0.25, 0.3) is 5.56 Å². The SMILES string of the molecule is CCc1c2c(nc3ccc(O)cc13)-c1cc3c(c(=O)n1C2)COC(=O)[C@@]3(CC)OC(=O)CCC(=O)N[C@H](Cc1ccccc1)C(=O)O. The summed E-state index contributed by atoms with van der Waals surface area (Å²) in [5.74, 6) is -3.51. The summed E-state index contributed by atoms with van der Waals surface area (Å²) in [5.41, 5.74) is 2.20. The molecule has 0 bridgehead atoms. The molecule has 0 saturated heterocycles. The second-order valence-corrected chi connectivity index (χ2v) is 11.7. The number of nitrogens with one attached hydrogen (secondary N) is 1. The number of aryl methyl sites for hydroxylation is 1. The number of phenolic OH excluding ortho intramolecular Hbond substituents is 1. The number of aliphatic carboxylic acids is 1. The number of aromatic nitrogens is 2. The van der Waals surface area contributed by atoms with Crippen LogP contribution in [0.15, 0.2) is 59.4 Å². The van der Waals surface area contributed by atoms with E-state index in [9.17, 15) is 34.2 Å². The molecule has 242 valence electrons. The average molecular weight is 640 g/mol. The van der Waals surface area contributed by atoms with Crippen molar-refractivity contribution in [2.24, 2.45) is 0 Å². The molecule has 0 spiro atoms. The van der Waals surface area contributed by atoms with Gasteiger partial charge in [0.15, 0.2) is 0 Å². The Hall–Kier alpha value is -5.52. The van der Waals surface area contributed by atoms with Crippen LogP contribution in [0, 0.1) is 0 Å². The van der Waals surface area contributed by atoms with Crippen LogP contribution in [0.1, 0.15) is 60.9 Å². The predicted octanol–water partition coefficient (Wildman–Crippen LogP) is 3.49. The highest BCUT2D eigenvalue weighted by Gasteiger charge is 2.50. The number of carbonyl (C=O) groups is 4. The highest BCUT2D eigenvalue weighted by molar-refractivity contribution is 5.91. The number of carboxylic acids is 1. The van der Waals surface area contributed by atoms with Gasteiger partial charge < -0.3 is 29.6 Å². The molecule has 0 unspecified atom stereocenters. The van der Waals surface area contributed by atoms with Crippen LogP contribution >= 0.6 is 0 Å². The molecule has 6 rings (SSSR count). The molecule has 0 saturated carbocycles. The molecular weight excluding hydrogens is 606 g/mol. The van der Waals surface area contributed by atoms with Gasteiger partial charge in [-0.25, -0.2) is 14.6 Å². The van der Waals surface area contributed by atoms with E-state index >= 15 is 0 Å². The Morgan fingerprint density at radius 2 is 1.83 bits per heavy atom. The van der Waals surface area contributed by atoms with E-state index in [1.165, 1.54) is 0 Å². The second-order valence-electron chi connectivity index (χ2n) is 11.7. The van der Waals surface area contributed by atoms with Gasteiger partial charge in [-0.2, -0.15) is 0 Å². The normalized spacial score (nSPS) is 16.9. The summed E-state index contributed by atoms with van der Waals surface area (Å²) < 4.78 is 12.7. The lowest BCUT2D eigenvalue weighted by Crippen LogP contribution is -2.47. The Morgan fingerprint density at radius 1 is 1.06 bits per heavy atom. The third-order valence-corrected chi connectivity index (χ3v) is 8.87. The van der Waals surface area contributed by atoms with Gasteiger partial charge in [0.2, 0.25) is 11.5 Å². The molecule has 2 aliphatic heterocycles. The number of pyridine rings is 2. The maximum Gasteiger partial charge on any atom is 0.355 e. The van der Waals surface area contributed by atoms with Crippen molar-refractivity contribution >= 4 is 34.7 Å². The van der Waals surface area contributed by atoms with Crippen molar-refractivity contribution in [1.82, 2.24) is 14.9 Å². The van der Waals surface area contributed by atoms with Crippen LogP contribution in [-0.4, -0.2) is 49.6 Å². The number of benzene rings is 2. The molecule has 12 nitrogen and oxygen atoms in total. The van der Waals surface area contributed by atoms with Crippen molar-refractivity contribution in [3.05, 3.63) is 92.8 Å². The maximum atomic E-state index is 13.9. The van der Waals surface area contributed by atoms with Gasteiger partial charge in [-0.15, -0.1) is 0 Å². The van der Waals surface area contributed by atoms with Gasteiger partial charge in [-0.3, -0.25) is 14.4 Å². The number of rotatable bonds is 10. The highest BCUT2D eigenvalue weighted by atomic mass is 16.6. The molecule has 2 aromatic heterocycles. The van der Waals surface area contributed by atoms with E-state index in [4.69, 9.17) is 14.5 Å². The number of nitrogens with zero attached hydrogens (tertiary/aromatic N) is 2. The summed E-state index contributed by atoms with van der Waals surface area (Å²) in [6.07, 6.45) is -0.190. The van der Waals surface area contributed by atoms with Crippen LogP contribution in [0.4, 0.5) is 0 Å². The predicted molar refractivity (Wildman–Crippen MR) is 168 cm³/mol. The van der Waals surface area contributed by atoms with Crippen molar-refractivity contribution in [3.63, 3.8) is 0 Å². The van der Waals surface area contributed by atoms with Crippen LogP contribution in [-0.2, 0) is 60.2 Å². The summed E-state index contributed by atoms with van der Waals surface area (Å²) in [6, 6.07) is 14.2. The topological polar surface area (TPSA) is 174 Å². The number of aromatic hydroxyl groups is 1. The molecule has 4 heterocycles. The Morgan fingerprint density at radius 3 is 2.53 bits per heavy atom. The fraction of sp³-hybridized carbons (Fsp3) is 0.314. The third kappa shape index (κ3) is 5.60. The first-order chi connectivity index (χ1) is 22.6. The Labute approximate surface area is 269 Å². The van der Waals surface area contributed by atoms with E-state index in [0.29, 0.717) is 23.3 Å². The molecule has 0 radical (unpaired) electrons. The van der Waals surface area contributed by atoms with Gasteiger partial charge in [-0.1, -0.05) is 44.2 Å². The average Bonchev–Trinajstić information content (AvgIpc) is 3.42. The van der Waals surface area contributed by atoms with E-state index in [1.807, 2.05) is 6.92 Å². The quantitative estimate of drug-likeness (QED) is 0.192. The summed E-state index contributed by atoms with van der Waals surface area (Å²) in [6.45, 7) is 3.55. The van der Waals surface area contributed by atoms with Crippen molar-refractivity contribution in [1.29, 1.82) is 0 Å². The maximum absolute atomic E-state index is 13.9. The zero-order chi connectivity index (χ0) is 33.5. The molecular formula is C35H33N3O9. The number of hydrogen-bond acceptors (Lipinski definition) is 9. The minimum Gasteiger partial charge on any atom is -0.508 e. The number of carbonyl (C=O) groups excluding carboxylic acids is 3. The van der Waals surface area contributed by atoms with Crippen molar-refractivity contribution < 1.29 is 38.9 Å². The van der Waals surface area contributed by atoms with Crippen LogP contribution < -0.4 is 10.9 Å². The van der Waals surface area contributed by atoms with Gasteiger partial charge in [-0.05, 0) is 48.2 Å². The molecule has 2 atom stereocenters. The lowest BCUT2D eigenvalue weighted by Gasteiger charge is -2.35. The Kier molecular flexibility index (Phi) is 8.27. The molecule has 47 heavy (non-hydrogen) atoms.